The van der Waals surface area contributed by atoms with Crippen LogP contribution in [0.5, 0.6) is 0 Å². The Morgan fingerprint density at radius 1 is 1.33 bits per heavy atom. The van der Waals surface area contributed by atoms with Gasteiger partial charge in [-0.15, -0.1) is 0 Å². The molecule has 1 rings (SSSR count). The van der Waals surface area contributed by atoms with Crippen LogP contribution in [0.25, 0.3) is 0 Å². The van der Waals surface area contributed by atoms with Gasteiger partial charge in [-0.3, -0.25) is 0 Å². The fourth-order valence-corrected chi connectivity index (χ4v) is 1.52. The lowest BCUT2D eigenvalue weighted by Crippen LogP contribution is -2.07. The molecule has 1 nitrogen and oxygen atoms in total. The highest BCUT2D eigenvalue weighted by molar-refractivity contribution is 5.08. The van der Waals surface area contributed by atoms with Gasteiger partial charge in [0.05, 0.1) is 0 Å². The predicted molar refractivity (Wildman–Crippen MR) is 53.5 cm³/mol. The van der Waals surface area contributed by atoms with Gasteiger partial charge in [0.1, 0.15) is 0 Å². The largest absolute Gasteiger partial charge is 0.405 e. The fourth-order valence-electron chi connectivity index (χ4n) is 1.52. The van der Waals surface area contributed by atoms with Crippen molar-refractivity contribution in [1.82, 2.24) is 0 Å². The molecule has 1 heteroatoms. The van der Waals surface area contributed by atoms with Gasteiger partial charge in [0, 0.05) is 0 Å². The van der Waals surface area contributed by atoms with E-state index in [9.17, 15) is 0 Å². The van der Waals surface area contributed by atoms with Crippen molar-refractivity contribution >= 4 is 0 Å². The summed E-state index contributed by atoms with van der Waals surface area (Å²) in [5.74, 6) is 1.31. The van der Waals surface area contributed by atoms with Gasteiger partial charge < -0.3 is 5.73 Å². The highest BCUT2D eigenvalue weighted by Gasteiger charge is 2.12. The molecule has 0 spiro atoms. The molecule has 2 N–H and O–H groups in total. The van der Waals surface area contributed by atoms with Crippen LogP contribution >= 0.6 is 0 Å². The van der Waals surface area contributed by atoms with Crippen LogP contribution in [0.3, 0.4) is 0 Å². The molecule has 66 valence electrons. The van der Waals surface area contributed by atoms with Crippen molar-refractivity contribution < 1.29 is 0 Å². The monoisotopic (exact) mass is 163 g/mol. The molecule has 0 aromatic carbocycles. The molecule has 1 atom stereocenters. The Labute approximate surface area is 74.7 Å². The predicted octanol–water partition coefficient (Wildman–Crippen LogP) is 2.62. The van der Waals surface area contributed by atoms with E-state index in [1.807, 2.05) is 0 Å². The van der Waals surface area contributed by atoms with Crippen molar-refractivity contribution in [3.63, 3.8) is 0 Å². The van der Waals surface area contributed by atoms with Crippen molar-refractivity contribution in [2.45, 2.75) is 19.8 Å². The summed E-state index contributed by atoms with van der Waals surface area (Å²) in [6.45, 7) is 2.22. The van der Waals surface area contributed by atoms with Gasteiger partial charge >= 0.3 is 0 Å². The molecule has 0 heterocycles. The molecule has 0 saturated heterocycles. The second kappa shape index (κ2) is 4.81. The van der Waals surface area contributed by atoms with Gasteiger partial charge in [-0.2, -0.15) is 0 Å². The molecule has 0 amide bonds. The van der Waals surface area contributed by atoms with Gasteiger partial charge in [-0.25, -0.2) is 0 Å². The highest BCUT2D eigenvalue weighted by Crippen LogP contribution is 2.23. The van der Waals surface area contributed by atoms with Gasteiger partial charge in [-0.05, 0) is 30.9 Å². The van der Waals surface area contributed by atoms with Crippen LogP contribution in [0.1, 0.15) is 19.8 Å². The van der Waals surface area contributed by atoms with Crippen LogP contribution in [-0.4, -0.2) is 0 Å². The second-order valence-electron chi connectivity index (χ2n) is 3.33. The Hall–Kier alpha value is -0.980. The lowest BCUT2D eigenvalue weighted by Gasteiger charge is -2.17. The van der Waals surface area contributed by atoms with E-state index in [1.54, 1.807) is 6.20 Å². The first-order chi connectivity index (χ1) is 5.84. The van der Waals surface area contributed by atoms with E-state index < -0.39 is 0 Å². The average Bonchev–Trinajstić information content (AvgIpc) is 2.32. The topological polar surface area (TPSA) is 26.0 Å². The van der Waals surface area contributed by atoms with Gasteiger partial charge in [0.2, 0.25) is 0 Å². The lowest BCUT2D eigenvalue weighted by molar-refractivity contribution is 0.431. The number of hydrogen-bond donors (Lipinski definition) is 1. The molecule has 1 aliphatic carbocycles. The fraction of sp³-hybridized carbons (Fsp3) is 0.455. The Bertz CT molecular complexity index is 187. The normalized spacial score (nSPS) is 21.4. The molecule has 1 aliphatic rings. The molecule has 0 aromatic heterocycles. The molecule has 0 saturated carbocycles. The van der Waals surface area contributed by atoms with Crippen molar-refractivity contribution in [1.29, 1.82) is 0 Å². The van der Waals surface area contributed by atoms with E-state index in [4.69, 9.17) is 5.73 Å². The van der Waals surface area contributed by atoms with Gasteiger partial charge in [0.25, 0.3) is 0 Å². The van der Waals surface area contributed by atoms with E-state index in [2.05, 4.69) is 37.3 Å². The first-order valence-electron chi connectivity index (χ1n) is 4.54. The molecule has 0 radical (unpaired) electrons. The van der Waals surface area contributed by atoms with Crippen molar-refractivity contribution in [3.8, 4) is 0 Å². The minimum Gasteiger partial charge on any atom is -0.405 e. The SMILES string of the molecule is CC(/C=C\N)C1CC=CC=CC1. The minimum absolute atomic E-state index is 0.586. The molecular formula is C11H17N. The standard InChI is InChI=1S/C11H17N/c1-10(8-9-12)11-6-4-2-3-5-7-11/h2-5,8-11H,6-7,12H2,1H3/b9-8-. The summed E-state index contributed by atoms with van der Waals surface area (Å²) in [5, 5.41) is 0. The number of allylic oxidation sites excluding steroid dienone is 5. The molecule has 12 heavy (non-hydrogen) atoms. The maximum absolute atomic E-state index is 5.36. The molecule has 0 aliphatic heterocycles. The molecule has 0 aromatic rings. The summed E-state index contributed by atoms with van der Waals surface area (Å²) in [6, 6.07) is 0. The number of nitrogens with two attached hydrogens (primary N) is 1. The van der Waals surface area contributed by atoms with Crippen molar-refractivity contribution in [2.75, 3.05) is 0 Å². The first-order valence-corrected chi connectivity index (χ1v) is 4.54. The third-order valence-electron chi connectivity index (χ3n) is 2.42. The molecule has 0 bridgehead atoms. The van der Waals surface area contributed by atoms with Crippen LogP contribution in [-0.2, 0) is 0 Å². The summed E-state index contributed by atoms with van der Waals surface area (Å²) < 4.78 is 0. The summed E-state index contributed by atoms with van der Waals surface area (Å²) in [4.78, 5) is 0. The van der Waals surface area contributed by atoms with Crippen LogP contribution < -0.4 is 5.73 Å². The van der Waals surface area contributed by atoms with Crippen LogP contribution in [0.2, 0.25) is 0 Å². The van der Waals surface area contributed by atoms with E-state index >= 15 is 0 Å². The Morgan fingerprint density at radius 2 is 1.92 bits per heavy atom. The van der Waals surface area contributed by atoms with Crippen molar-refractivity contribution in [3.05, 3.63) is 36.6 Å². The number of hydrogen-bond acceptors (Lipinski definition) is 1. The summed E-state index contributed by atoms with van der Waals surface area (Å²) in [5.41, 5.74) is 5.36. The minimum atomic E-state index is 0.586. The Balaban J connectivity index is 2.50. The molecular weight excluding hydrogens is 146 g/mol. The lowest BCUT2D eigenvalue weighted by atomic mass is 9.88. The maximum Gasteiger partial charge on any atom is -0.0100 e. The first kappa shape index (κ1) is 9.11. The van der Waals surface area contributed by atoms with E-state index in [1.165, 1.54) is 12.8 Å². The maximum atomic E-state index is 5.36. The highest BCUT2D eigenvalue weighted by atomic mass is 14.5. The Morgan fingerprint density at radius 3 is 2.42 bits per heavy atom. The third kappa shape index (κ3) is 2.57. The van der Waals surface area contributed by atoms with E-state index in [0.29, 0.717) is 5.92 Å². The zero-order valence-electron chi connectivity index (χ0n) is 7.61. The zero-order chi connectivity index (χ0) is 8.81. The van der Waals surface area contributed by atoms with E-state index in [0.717, 1.165) is 5.92 Å². The van der Waals surface area contributed by atoms with E-state index in [-0.39, 0.29) is 0 Å². The summed E-state index contributed by atoms with van der Waals surface area (Å²) in [7, 11) is 0. The third-order valence-corrected chi connectivity index (χ3v) is 2.42. The van der Waals surface area contributed by atoms with Crippen molar-refractivity contribution in [2.24, 2.45) is 17.6 Å². The van der Waals surface area contributed by atoms with Crippen LogP contribution in [0.4, 0.5) is 0 Å². The van der Waals surface area contributed by atoms with Gasteiger partial charge in [0.15, 0.2) is 0 Å². The average molecular weight is 163 g/mol. The Kier molecular flexibility index (Phi) is 3.65. The summed E-state index contributed by atoms with van der Waals surface area (Å²) >= 11 is 0. The number of rotatable bonds is 2. The quantitative estimate of drug-likeness (QED) is 0.665. The van der Waals surface area contributed by atoms with Crippen LogP contribution in [0.15, 0.2) is 36.6 Å². The smallest absolute Gasteiger partial charge is 0.0100 e. The van der Waals surface area contributed by atoms with Gasteiger partial charge in [-0.1, -0.05) is 37.3 Å². The van der Waals surface area contributed by atoms with Crippen LogP contribution in [0, 0.1) is 11.8 Å². The zero-order valence-corrected chi connectivity index (χ0v) is 7.61. The molecule has 0 fully saturated rings. The molecule has 1 unspecified atom stereocenters. The summed E-state index contributed by atoms with van der Waals surface area (Å²) in [6.07, 6.45) is 14.8. The second-order valence-corrected chi connectivity index (χ2v) is 3.33.